The highest BCUT2D eigenvalue weighted by atomic mass is 31.2. The molecule has 0 bridgehead atoms. The fourth-order valence-electron chi connectivity index (χ4n) is 5.97. The molecule has 0 N–H and O–H groups in total. The summed E-state index contributed by atoms with van der Waals surface area (Å²) in [5, 5.41) is 0. The molecule has 0 aliphatic heterocycles. The lowest BCUT2D eigenvalue weighted by Crippen LogP contribution is -2.25. The molecule has 0 fully saturated rings. The van der Waals surface area contributed by atoms with E-state index in [4.69, 9.17) is 13.6 Å². The van der Waals surface area contributed by atoms with Crippen LogP contribution in [-0.2, 0) is 19.9 Å². The van der Waals surface area contributed by atoms with Crippen molar-refractivity contribution in [3.05, 3.63) is 76.3 Å². The monoisotopic (exact) mass is 650 g/mol. The Labute approximate surface area is 285 Å². The Hall–Kier alpha value is -1.99. The fraction of sp³-hybridized carbons (Fsp3) is 0.667. The third kappa shape index (κ3) is 9.78. The minimum absolute atomic E-state index is 0.0298. The maximum Gasteiger partial charge on any atom is 0.530 e. The predicted octanol–water partition coefficient (Wildman–Crippen LogP) is 13.8. The van der Waals surface area contributed by atoms with E-state index in [1.54, 1.807) is 0 Å². The van der Waals surface area contributed by atoms with Crippen molar-refractivity contribution in [1.82, 2.24) is 0 Å². The van der Waals surface area contributed by atoms with Crippen molar-refractivity contribution in [1.29, 1.82) is 0 Å². The topological polar surface area (TPSA) is 27.7 Å². The van der Waals surface area contributed by atoms with E-state index in [1.165, 1.54) is 16.7 Å². The van der Waals surface area contributed by atoms with Crippen molar-refractivity contribution in [3.63, 3.8) is 0 Å². The van der Waals surface area contributed by atoms with Gasteiger partial charge in [-0.1, -0.05) is 149 Å². The summed E-state index contributed by atoms with van der Waals surface area (Å²) < 4.78 is 20.9. The van der Waals surface area contributed by atoms with Crippen LogP contribution in [0.3, 0.4) is 0 Å². The van der Waals surface area contributed by atoms with Gasteiger partial charge < -0.3 is 13.6 Å². The first kappa shape index (κ1) is 38.5. The second-order valence-corrected chi connectivity index (χ2v) is 20.9. The van der Waals surface area contributed by atoms with Gasteiger partial charge >= 0.3 is 8.60 Å². The van der Waals surface area contributed by atoms with Crippen LogP contribution in [0.4, 0.5) is 0 Å². The van der Waals surface area contributed by atoms with Crippen LogP contribution in [-0.4, -0.2) is 0 Å². The standard InChI is InChI=1S/C42H67O3P/c1-37(2,3)28-19-22-34(31(25-28)40(10,11)12)43-46(44-35-23-20-29(38(4,5)6)26-32(35)41(13,14)15)45-36-24-21-30(39(7,8)9)27-33(36)42(16,17)18/h19,22-27,29-30H,20-21H2,1-18H3. The SMILES string of the molecule is CC(C)(C)C1=CC(C(C)(C)C)CC=C1OP(OC1=CCC(C(C)(C)C)C=C1C(C)(C)C)Oc1ccc(C(C)(C)C)cc1C(C)(C)C. The van der Waals surface area contributed by atoms with Crippen LogP contribution in [0.1, 0.15) is 149 Å². The molecule has 1 aromatic rings. The lowest BCUT2D eigenvalue weighted by molar-refractivity contribution is 0.251. The van der Waals surface area contributed by atoms with Gasteiger partial charge in [0.15, 0.2) is 0 Å². The Morgan fingerprint density at radius 2 is 0.935 bits per heavy atom. The third-order valence-electron chi connectivity index (χ3n) is 9.39. The second-order valence-electron chi connectivity index (χ2n) is 19.9. The third-order valence-corrected chi connectivity index (χ3v) is 10.4. The van der Waals surface area contributed by atoms with Gasteiger partial charge in [-0.2, -0.15) is 0 Å². The molecule has 0 saturated heterocycles. The van der Waals surface area contributed by atoms with E-state index in [0.29, 0.717) is 11.8 Å². The molecule has 0 aromatic heterocycles. The summed E-state index contributed by atoms with van der Waals surface area (Å²) in [7, 11) is -1.83. The Morgan fingerprint density at radius 3 is 1.26 bits per heavy atom. The number of hydrogen-bond acceptors (Lipinski definition) is 3. The predicted molar refractivity (Wildman–Crippen MR) is 200 cm³/mol. The highest BCUT2D eigenvalue weighted by Gasteiger charge is 2.38. The molecule has 0 amide bonds. The van der Waals surface area contributed by atoms with Crippen molar-refractivity contribution >= 4 is 8.60 Å². The molecule has 2 aliphatic rings. The van der Waals surface area contributed by atoms with Gasteiger partial charge in [-0.25, -0.2) is 0 Å². The van der Waals surface area contributed by atoms with Gasteiger partial charge in [0.1, 0.15) is 17.3 Å². The van der Waals surface area contributed by atoms with E-state index in [9.17, 15) is 0 Å². The summed E-state index contributed by atoms with van der Waals surface area (Å²) >= 11 is 0. The summed E-state index contributed by atoms with van der Waals surface area (Å²) in [6, 6.07) is 6.63. The number of rotatable bonds is 6. The first-order valence-electron chi connectivity index (χ1n) is 17.4. The van der Waals surface area contributed by atoms with Crippen LogP contribution < -0.4 is 4.52 Å². The number of allylic oxidation sites excluding steroid dienone is 6. The van der Waals surface area contributed by atoms with Gasteiger partial charge in [-0.05, 0) is 92.1 Å². The van der Waals surface area contributed by atoms with Crippen molar-refractivity contribution in [2.24, 2.45) is 33.5 Å². The van der Waals surface area contributed by atoms with Crippen LogP contribution in [0.5, 0.6) is 5.75 Å². The minimum atomic E-state index is -1.83. The summed E-state index contributed by atoms with van der Waals surface area (Å²) in [6.07, 6.45) is 11.3. The van der Waals surface area contributed by atoms with Gasteiger partial charge in [0.2, 0.25) is 0 Å². The van der Waals surface area contributed by atoms with E-state index in [0.717, 1.165) is 35.7 Å². The van der Waals surface area contributed by atoms with Crippen molar-refractivity contribution < 1.29 is 13.6 Å². The molecule has 1 aromatic carbocycles. The molecule has 0 heterocycles. The van der Waals surface area contributed by atoms with Crippen LogP contribution >= 0.6 is 8.60 Å². The zero-order valence-corrected chi connectivity index (χ0v) is 33.7. The molecule has 0 spiro atoms. The lowest BCUT2D eigenvalue weighted by atomic mass is 9.72. The average molecular weight is 651 g/mol. The summed E-state index contributed by atoms with van der Waals surface area (Å²) in [5.74, 6) is 3.46. The Kier molecular flexibility index (Phi) is 11.0. The van der Waals surface area contributed by atoms with E-state index in [-0.39, 0.29) is 32.5 Å². The normalized spacial score (nSPS) is 21.1. The van der Waals surface area contributed by atoms with E-state index in [2.05, 4.69) is 167 Å². The van der Waals surface area contributed by atoms with Gasteiger partial charge in [0, 0.05) is 5.56 Å². The van der Waals surface area contributed by atoms with Gasteiger partial charge in [-0.15, -0.1) is 0 Å². The molecule has 0 saturated carbocycles. The highest BCUT2D eigenvalue weighted by Crippen LogP contribution is 2.54. The number of benzene rings is 1. The zero-order chi connectivity index (χ0) is 35.3. The maximum absolute atomic E-state index is 6.96. The smallest absolute Gasteiger partial charge is 0.409 e. The van der Waals surface area contributed by atoms with Crippen LogP contribution in [0.15, 0.2) is 65.2 Å². The van der Waals surface area contributed by atoms with Gasteiger partial charge in [0.05, 0.1) is 0 Å². The van der Waals surface area contributed by atoms with E-state index < -0.39 is 8.60 Å². The van der Waals surface area contributed by atoms with E-state index >= 15 is 0 Å². The van der Waals surface area contributed by atoms with Crippen LogP contribution in [0.25, 0.3) is 0 Å². The molecule has 3 nitrogen and oxygen atoms in total. The molecule has 258 valence electrons. The summed E-state index contributed by atoms with van der Waals surface area (Å²) in [4.78, 5) is 0. The summed E-state index contributed by atoms with van der Waals surface area (Å²) in [6.45, 7) is 41.1. The Balaban J connectivity index is 2.13. The van der Waals surface area contributed by atoms with E-state index in [1.807, 2.05) is 0 Å². The quantitative estimate of drug-likeness (QED) is 0.287. The largest absolute Gasteiger partial charge is 0.530 e. The van der Waals surface area contributed by atoms with Crippen LogP contribution in [0.2, 0.25) is 0 Å². The minimum Gasteiger partial charge on any atom is -0.409 e. The average Bonchev–Trinajstić information content (AvgIpc) is 2.85. The van der Waals surface area contributed by atoms with Gasteiger partial charge in [0.25, 0.3) is 0 Å². The molecule has 3 rings (SSSR count). The molecule has 4 heteroatoms. The highest BCUT2D eigenvalue weighted by molar-refractivity contribution is 7.42. The first-order chi connectivity index (χ1) is 20.6. The lowest BCUT2D eigenvalue weighted by Gasteiger charge is -2.37. The summed E-state index contributed by atoms with van der Waals surface area (Å²) in [5.41, 5.74) is 4.92. The molecule has 2 aliphatic carbocycles. The zero-order valence-electron chi connectivity index (χ0n) is 32.8. The Bertz CT molecular complexity index is 1290. The molecule has 0 radical (unpaired) electrons. The first-order valence-corrected chi connectivity index (χ1v) is 18.5. The molecule has 2 atom stereocenters. The second kappa shape index (κ2) is 13.1. The van der Waals surface area contributed by atoms with Crippen molar-refractivity contribution in [3.8, 4) is 5.75 Å². The molecule has 2 unspecified atom stereocenters. The van der Waals surface area contributed by atoms with Crippen molar-refractivity contribution in [2.45, 2.75) is 148 Å². The maximum atomic E-state index is 6.96. The van der Waals surface area contributed by atoms with Crippen molar-refractivity contribution in [2.75, 3.05) is 0 Å². The number of hydrogen-bond donors (Lipinski definition) is 0. The Morgan fingerprint density at radius 1 is 0.522 bits per heavy atom. The molecule has 46 heavy (non-hydrogen) atoms. The van der Waals surface area contributed by atoms with Gasteiger partial charge in [-0.3, -0.25) is 0 Å². The molecular weight excluding hydrogens is 583 g/mol. The molecular formula is C42H67O3P. The fourth-order valence-corrected chi connectivity index (χ4v) is 7.07. The van der Waals surface area contributed by atoms with Crippen LogP contribution in [0, 0.1) is 33.5 Å².